The maximum atomic E-state index is 10.9. The van der Waals surface area contributed by atoms with Crippen molar-refractivity contribution in [2.45, 2.75) is 33.0 Å². The molecule has 0 aromatic rings. The Kier molecular flexibility index (Phi) is 4.85. The van der Waals surface area contributed by atoms with Gasteiger partial charge in [0.25, 0.3) is 0 Å². The van der Waals surface area contributed by atoms with Crippen LogP contribution >= 0.6 is 0 Å². The highest BCUT2D eigenvalue weighted by Gasteiger charge is 2.27. The highest BCUT2D eigenvalue weighted by atomic mass is 16.5. The van der Waals surface area contributed by atoms with Gasteiger partial charge in [-0.15, -0.1) is 0 Å². The summed E-state index contributed by atoms with van der Waals surface area (Å²) in [6.45, 7) is 5.29. The number of hydrogen-bond acceptors (Lipinski definition) is 4. The van der Waals surface area contributed by atoms with E-state index in [1.807, 2.05) is 0 Å². The third kappa shape index (κ3) is 3.19. The molecule has 0 aliphatic carbocycles. The minimum absolute atomic E-state index is 0.163. The molecule has 0 radical (unpaired) electrons. The molecule has 0 unspecified atom stereocenters. The number of ether oxygens (including phenoxy) is 1. The van der Waals surface area contributed by atoms with Crippen LogP contribution in [0, 0.1) is 5.92 Å². The zero-order valence-corrected chi connectivity index (χ0v) is 7.65. The summed E-state index contributed by atoms with van der Waals surface area (Å²) in [4.78, 5) is 10.9. The summed E-state index contributed by atoms with van der Waals surface area (Å²) in [6.07, 6.45) is -2.48. The van der Waals surface area contributed by atoms with E-state index in [1.54, 1.807) is 20.8 Å². The molecule has 0 amide bonds. The lowest BCUT2D eigenvalue weighted by Gasteiger charge is -2.18. The molecule has 0 bridgehead atoms. The fourth-order valence-electron chi connectivity index (χ4n) is 0.732. The van der Waals surface area contributed by atoms with Crippen molar-refractivity contribution in [1.29, 1.82) is 0 Å². The van der Waals surface area contributed by atoms with Crippen molar-refractivity contribution < 1.29 is 19.7 Å². The van der Waals surface area contributed by atoms with E-state index < -0.39 is 18.2 Å². The average molecular weight is 176 g/mol. The van der Waals surface area contributed by atoms with Gasteiger partial charge in [0.1, 0.15) is 0 Å². The Morgan fingerprint density at radius 2 is 1.92 bits per heavy atom. The molecule has 4 nitrogen and oxygen atoms in total. The van der Waals surface area contributed by atoms with Crippen molar-refractivity contribution in [3.8, 4) is 0 Å². The van der Waals surface area contributed by atoms with Crippen LogP contribution in [0.25, 0.3) is 0 Å². The summed E-state index contributed by atoms with van der Waals surface area (Å²) < 4.78 is 4.53. The van der Waals surface area contributed by atoms with E-state index in [9.17, 15) is 9.90 Å². The third-order valence-electron chi connectivity index (χ3n) is 1.53. The highest BCUT2D eigenvalue weighted by molar-refractivity contribution is 5.75. The first-order chi connectivity index (χ1) is 5.50. The minimum Gasteiger partial charge on any atom is -0.464 e. The number of aliphatic hydroxyl groups is 2. The normalized spacial score (nSPS) is 15.8. The van der Waals surface area contributed by atoms with Gasteiger partial charge in [0.05, 0.1) is 12.7 Å². The van der Waals surface area contributed by atoms with Crippen LogP contribution < -0.4 is 0 Å². The number of rotatable bonds is 4. The van der Waals surface area contributed by atoms with E-state index in [4.69, 9.17) is 5.11 Å². The van der Waals surface area contributed by atoms with Gasteiger partial charge in [0, 0.05) is 0 Å². The first kappa shape index (κ1) is 11.4. The SMILES string of the molecule is CCOC(=O)[C@@H](O)[C@@H](O)C(C)C. The summed E-state index contributed by atoms with van der Waals surface area (Å²) in [6, 6.07) is 0. The second kappa shape index (κ2) is 5.11. The fourth-order valence-corrected chi connectivity index (χ4v) is 0.732. The molecule has 0 spiro atoms. The lowest BCUT2D eigenvalue weighted by Crippen LogP contribution is -2.38. The molecule has 0 heterocycles. The molecule has 0 saturated heterocycles. The Bertz CT molecular complexity index is 144. The topological polar surface area (TPSA) is 66.8 Å². The van der Waals surface area contributed by atoms with Crippen molar-refractivity contribution in [1.82, 2.24) is 0 Å². The second-order valence-corrected chi connectivity index (χ2v) is 2.93. The van der Waals surface area contributed by atoms with Crippen LogP contribution in [0.5, 0.6) is 0 Å². The number of carbonyl (C=O) groups excluding carboxylic acids is 1. The molecule has 0 aromatic heterocycles. The Morgan fingerprint density at radius 1 is 1.42 bits per heavy atom. The summed E-state index contributed by atoms with van der Waals surface area (Å²) >= 11 is 0. The van der Waals surface area contributed by atoms with Gasteiger partial charge < -0.3 is 14.9 Å². The molecule has 2 N–H and O–H groups in total. The van der Waals surface area contributed by atoms with Crippen LogP contribution in [0.15, 0.2) is 0 Å². The van der Waals surface area contributed by atoms with E-state index in [0.29, 0.717) is 0 Å². The maximum Gasteiger partial charge on any atom is 0.337 e. The highest BCUT2D eigenvalue weighted by Crippen LogP contribution is 2.07. The van der Waals surface area contributed by atoms with Gasteiger partial charge in [-0.1, -0.05) is 13.8 Å². The first-order valence-corrected chi connectivity index (χ1v) is 4.03. The van der Waals surface area contributed by atoms with Gasteiger partial charge in [-0.3, -0.25) is 0 Å². The molecule has 12 heavy (non-hydrogen) atoms. The van der Waals surface area contributed by atoms with Crippen LogP contribution in [0.2, 0.25) is 0 Å². The quantitative estimate of drug-likeness (QED) is 0.588. The van der Waals surface area contributed by atoms with Crippen LogP contribution in [-0.4, -0.2) is 35.0 Å². The van der Waals surface area contributed by atoms with Crippen LogP contribution in [0.3, 0.4) is 0 Å². The van der Waals surface area contributed by atoms with E-state index in [2.05, 4.69) is 4.74 Å². The predicted molar refractivity (Wildman–Crippen MR) is 43.5 cm³/mol. The van der Waals surface area contributed by atoms with E-state index >= 15 is 0 Å². The molecule has 0 aliphatic rings. The maximum absolute atomic E-state index is 10.9. The Morgan fingerprint density at radius 3 is 2.25 bits per heavy atom. The standard InChI is InChI=1S/C8H16O4/c1-4-12-8(11)7(10)6(9)5(2)3/h5-7,9-10H,4H2,1-3H3/t6-,7-/m0/s1. The van der Waals surface area contributed by atoms with Gasteiger partial charge in [-0.2, -0.15) is 0 Å². The molecular formula is C8H16O4. The lowest BCUT2D eigenvalue weighted by atomic mass is 10.0. The van der Waals surface area contributed by atoms with Crippen molar-refractivity contribution in [2.75, 3.05) is 6.61 Å². The molecule has 0 aliphatic heterocycles. The molecule has 0 aromatic carbocycles. The molecule has 72 valence electrons. The zero-order valence-electron chi connectivity index (χ0n) is 7.65. The van der Waals surface area contributed by atoms with E-state index in [-0.39, 0.29) is 12.5 Å². The third-order valence-corrected chi connectivity index (χ3v) is 1.53. The average Bonchev–Trinajstić information content (AvgIpc) is 2.02. The predicted octanol–water partition coefficient (Wildman–Crippen LogP) is -0.0727. The Labute approximate surface area is 72.2 Å². The zero-order chi connectivity index (χ0) is 9.72. The van der Waals surface area contributed by atoms with Crippen molar-refractivity contribution >= 4 is 5.97 Å². The first-order valence-electron chi connectivity index (χ1n) is 4.03. The molecular weight excluding hydrogens is 160 g/mol. The van der Waals surface area contributed by atoms with Crippen molar-refractivity contribution in [2.24, 2.45) is 5.92 Å². The van der Waals surface area contributed by atoms with E-state index in [0.717, 1.165) is 0 Å². The lowest BCUT2D eigenvalue weighted by molar-refractivity contribution is -0.160. The fraction of sp³-hybridized carbons (Fsp3) is 0.875. The van der Waals surface area contributed by atoms with Gasteiger partial charge in [0.15, 0.2) is 6.10 Å². The Balaban J connectivity index is 4.00. The van der Waals surface area contributed by atoms with Crippen LogP contribution in [-0.2, 0) is 9.53 Å². The molecule has 2 atom stereocenters. The van der Waals surface area contributed by atoms with Crippen molar-refractivity contribution in [3.63, 3.8) is 0 Å². The van der Waals surface area contributed by atoms with Crippen molar-refractivity contribution in [3.05, 3.63) is 0 Å². The number of aliphatic hydroxyl groups excluding tert-OH is 2. The smallest absolute Gasteiger partial charge is 0.337 e. The van der Waals surface area contributed by atoms with Crippen LogP contribution in [0.1, 0.15) is 20.8 Å². The van der Waals surface area contributed by atoms with Gasteiger partial charge in [-0.25, -0.2) is 4.79 Å². The summed E-state index contributed by atoms with van der Waals surface area (Å²) in [5.74, 6) is -0.928. The van der Waals surface area contributed by atoms with Gasteiger partial charge in [0.2, 0.25) is 0 Å². The van der Waals surface area contributed by atoms with Gasteiger partial charge in [-0.05, 0) is 12.8 Å². The molecule has 0 fully saturated rings. The minimum atomic E-state index is -1.43. The Hall–Kier alpha value is -0.610. The number of hydrogen-bond donors (Lipinski definition) is 2. The number of carbonyl (C=O) groups is 1. The summed E-state index contributed by atoms with van der Waals surface area (Å²) in [5.41, 5.74) is 0. The second-order valence-electron chi connectivity index (χ2n) is 2.93. The molecule has 0 rings (SSSR count). The molecule has 0 saturated carbocycles. The number of esters is 1. The van der Waals surface area contributed by atoms with Gasteiger partial charge >= 0.3 is 5.97 Å². The summed E-state index contributed by atoms with van der Waals surface area (Å²) in [5, 5.41) is 18.4. The molecule has 4 heteroatoms. The van der Waals surface area contributed by atoms with E-state index in [1.165, 1.54) is 0 Å². The van der Waals surface area contributed by atoms with Crippen LogP contribution in [0.4, 0.5) is 0 Å². The summed E-state index contributed by atoms with van der Waals surface area (Å²) in [7, 11) is 0. The monoisotopic (exact) mass is 176 g/mol. The largest absolute Gasteiger partial charge is 0.464 e.